The highest BCUT2D eigenvalue weighted by Crippen LogP contribution is 2.37. The molecule has 3 rings (SSSR count). The second-order valence-corrected chi connectivity index (χ2v) is 7.42. The number of nitrogens with one attached hydrogen (secondary N) is 1. The lowest BCUT2D eigenvalue weighted by Gasteiger charge is -2.12. The predicted octanol–water partition coefficient (Wildman–Crippen LogP) is 4.79. The monoisotopic (exact) mass is 463 g/mol. The van der Waals surface area contributed by atoms with E-state index in [1.54, 1.807) is 31.9 Å². The third kappa shape index (κ3) is 3.46. The maximum atomic E-state index is 5.40. The van der Waals surface area contributed by atoms with Crippen LogP contribution in [-0.4, -0.2) is 24.2 Å². The van der Waals surface area contributed by atoms with Crippen molar-refractivity contribution in [2.24, 2.45) is 0 Å². The van der Waals surface area contributed by atoms with Crippen LogP contribution in [0.2, 0.25) is 0 Å². The third-order valence-electron chi connectivity index (χ3n) is 3.31. The van der Waals surface area contributed by atoms with E-state index in [0.717, 1.165) is 33.2 Å². The molecule has 0 aliphatic heterocycles. The van der Waals surface area contributed by atoms with Gasteiger partial charge in [-0.1, -0.05) is 0 Å². The minimum Gasteiger partial charge on any atom is -0.497 e. The van der Waals surface area contributed by atoms with Crippen LogP contribution in [0.15, 0.2) is 24.5 Å². The number of aryl methyl sites for hydroxylation is 1. The molecule has 122 valence electrons. The van der Waals surface area contributed by atoms with Crippen molar-refractivity contribution in [3.05, 3.63) is 33.0 Å². The molecule has 0 unspecified atom stereocenters. The zero-order valence-electron chi connectivity index (χ0n) is 12.7. The lowest BCUT2D eigenvalue weighted by atomic mass is 10.2. The van der Waals surface area contributed by atoms with Crippen LogP contribution in [0.3, 0.4) is 0 Å². The molecule has 8 heteroatoms. The topological polar surface area (TPSA) is 56.3 Å². The first kappa shape index (κ1) is 18.0. The van der Waals surface area contributed by atoms with E-state index in [9.17, 15) is 0 Å². The Morgan fingerprint density at radius 3 is 2.65 bits per heavy atom. The first-order valence-electron chi connectivity index (χ1n) is 6.52. The van der Waals surface area contributed by atoms with Gasteiger partial charge in [0.1, 0.15) is 17.8 Å². The SMILES string of the molecule is COc1ccc(OC)c(Nc2ncnc3c(C)c(I)sc23)c1.Cl. The summed E-state index contributed by atoms with van der Waals surface area (Å²) in [6, 6.07) is 5.61. The van der Waals surface area contributed by atoms with Gasteiger partial charge in [0.05, 0.1) is 33.0 Å². The van der Waals surface area contributed by atoms with Crippen LogP contribution in [0.4, 0.5) is 11.5 Å². The van der Waals surface area contributed by atoms with Crippen molar-refractivity contribution in [3.63, 3.8) is 0 Å². The Kier molecular flexibility index (Phi) is 5.88. The van der Waals surface area contributed by atoms with Gasteiger partial charge in [0.15, 0.2) is 5.82 Å². The summed E-state index contributed by atoms with van der Waals surface area (Å²) >= 11 is 4.00. The van der Waals surface area contributed by atoms with Crippen LogP contribution >= 0.6 is 46.3 Å². The molecular formula is C15H15ClIN3O2S. The minimum absolute atomic E-state index is 0. The first-order chi connectivity index (χ1) is 10.6. The summed E-state index contributed by atoms with van der Waals surface area (Å²) in [5.41, 5.74) is 2.97. The van der Waals surface area contributed by atoms with E-state index in [1.807, 2.05) is 18.2 Å². The Morgan fingerprint density at radius 2 is 1.96 bits per heavy atom. The molecular weight excluding hydrogens is 449 g/mol. The maximum Gasteiger partial charge on any atom is 0.151 e. The van der Waals surface area contributed by atoms with Crippen molar-refractivity contribution in [2.45, 2.75) is 6.92 Å². The van der Waals surface area contributed by atoms with Crippen molar-refractivity contribution < 1.29 is 9.47 Å². The van der Waals surface area contributed by atoms with E-state index in [4.69, 9.17) is 9.47 Å². The summed E-state index contributed by atoms with van der Waals surface area (Å²) < 4.78 is 12.9. The van der Waals surface area contributed by atoms with Gasteiger partial charge in [0.2, 0.25) is 0 Å². The normalized spacial score (nSPS) is 10.3. The summed E-state index contributed by atoms with van der Waals surface area (Å²) in [4.78, 5) is 8.75. The molecule has 3 aromatic rings. The van der Waals surface area contributed by atoms with Crippen LogP contribution in [0.1, 0.15) is 5.56 Å². The summed E-state index contributed by atoms with van der Waals surface area (Å²) in [6.07, 6.45) is 1.58. The van der Waals surface area contributed by atoms with Gasteiger partial charge >= 0.3 is 0 Å². The molecule has 1 N–H and O–H groups in total. The van der Waals surface area contributed by atoms with Gasteiger partial charge in [-0.25, -0.2) is 9.97 Å². The standard InChI is InChI=1S/C15H14IN3O2S.ClH/c1-8-12-13(22-14(8)16)15(18-7-17-12)19-10-6-9(20-2)4-5-11(10)21-3;/h4-7H,1-3H3,(H,17,18,19);1H. The number of anilines is 2. The molecule has 0 atom stereocenters. The lowest BCUT2D eigenvalue weighted by molar-refractivity contribution is 0.405. The lowest BCUT2D eigenvalue weighted by Crippen LogP contribution is -1.98. The molecule has 2 heterocycles. The molecule has 0 aliphatic carbocycles. The summed E-state index contributed by atoms with van der Waals surface area (Å²) in [5, 5.41) is 3.33. The van der Waals surface area contributed by atoms with Gasteiger partial charge in [-0.15, -0.1) is 23.7 Å². The quantitative estimate of drug-likeness (QED) is 0.564. The molecule has 0 amide bonds. The molecule has 0 saturated heterocycles. The molecule has 0 aliphatic rings. The summed E-state index contributed by atoms with van der Waals surface area (Å²) in [5.74, 6) is 2.26. The number of hydrogen-bond donors (Lipinski definition) is 1. The van der Waals surface area contributed by atoms with Gasteiger partial charge in [-0.05, 0) is 47.2 Å². The second-order valence-electron chi connectivity index (χ2n) is 4.59. The van der Waals surface area contributed by atoms with Crippen LogP contribution < -0.4 is 14.8 Å². The van der Waals surface area contributed by atoms with Gasteiger partial charge in [-0.3, -0.25) is 0 Å². The molecule has 0 saturated carbocycles. The number of halogens is 2. The highest BCUT2D eigenvalue weighted by Gasteiger charge is 2.14. The first-order valence-corrected chi connectivity index (χ1v) is 8.42. The largest absolute Gasteiger partial charge is 0.497 e. The maximum absolute atomic E-state index is 5.40. The number of ether oxygens (including phenoxy) is 2. The van der Waals surface area contributed by atoms with Crippen molar-refractivity contribution >= 4 is 68.1 Å². The number of hydrogen-bond acceptors (Lipinski definition) is 6. The van der Waals surface area contributed by atoms with Crippen LogP contribution in [0, 0.1) is 9.81 Å². The fraction of sp³-hybridized carbons (Fsp3) is 0.200. The van der Waals surface area contributed by atoms with Crippen molar-refractivity contribution in [1.29, 1.82) is 0 Å². The van der Waals surface area contributed by atoms with E-state index in [2.05, 4.69) is 44.8 Å². The van der Waals surface area contributed by atoms with Gasteiger partial charge in [-0.2, -0.15) is 0 Å². The number of thiophene rings is 1. The number of nitrogens with zero attached hydrogens (tertiary/aromatic N) is 2. The molecule has 0 bridgehead atoms. The van der Waals surface area contributed by atoms with E-state index in [-0.39, 0.29) is 12.4 Å². The number of methoxy groups -OCH3 is 2. The molecule has 23 heavy (non-hydrogen) atoms. The predicted molar refractivity (Wildman–Crippen MR) is 105 cm³/mol. The highest BCUT2D eigenvalue weighted by atomic mass is 127. The zero-order valence-corrected chi connectivity index (χ0v) is 16.5. The number of fused-ring (bicyclic) bond motifs is 1. The molecule has 5 nitrogen and oxygen atoms in total. The van der Waals surface area contributed by atoms with Crippen LogP contribution in [0.25, 0.3) is 10.2 Å². The fourth-order valence-electron chi connectivity index (χ4n) is 2.13. The average Bonchev–Trinajstić information content (AvgIpc) is 2.83. The van der Waals surface area contributed by atoms with Crippen LogP contribution in [0.5, 0.6) is 11.5 Å². The van der Waals surface area contributed by atoms with Crippen molar-refractivity contribution in [3.8, 4) is 11.5 Å². The molecule has 2 aromatic heterocycles. The van der Waals surface area contributed by atoms with Gasteiger partial charge in [0.25, 0.3) is 0 Å². The molecule has 0 spiro atoms. The zero-order chi connectivity index (χ0) is 15.7. The fourth-order valence-corrected chi connectivity index (χ4v) is 3.97. The molecule has 1 aromatic carbocycles. The van der Waals surface area contributed by atoms with Crippen molar-refractivity contribution in [2.75, 3.05) is 19.5 Å². The summed E-state index contributed by atoms with van der Waals surface area (Å²) in [7, 11) is 3.28. The Bertz CT molecular complexity index is 841. The Morgan fingerprint density at radius 1 is 1.17 bits per heavy atom. The van der Waals surface area contributed by atoms with Gasteiger partial charge in [0, 0.05) is 6.07 Å². The number of rotatable bonds is 4. The number of benzene rings is 1. The number of aromatic nitrogens is 2. The average molecular weight is 464 g/mol. The van der Waals surface area contributed by atoms with Crippen LogP contribution in [-0.2, 0) is 0 Å². The second kappa shape index (κ2) is 7.50. The Hall–Kier alpha value is -1.32. The van der Waals surface area contributed by atoms with E-state index in [0.29, 0.717) is 0 Å². The van der Waals surface area contributed by atoms with Crippen molar-refractivity contribution in [1.82, 2.24) is 9.97 Å². The van der Waals surface area contributed by atoms with E-state index < -0.39 is 0 Å². The highest BCUT2D eigenvalue weighted by molar-refractivity contribution is 14.1. The Balaban J connectivity index is 0.00000192. The smallest absolute Gasteiger partial charge is 0.151 e. The third-order valence-corrected chi connectivity index (χ3v) is 5.85. The molecule has 0 radical (unpaired) electrons. The van der Waals surface area contributed by atoms with E-state index >= 15 is 0 Å². The minimum atomic E-state index is 0. The Labute approximate surface area is 158 Å². The van der Waals surface area contributed by atoms with Gasteiger partial charge < -0.3 is 14.8 Å². The van der Waals surface area contributed by atoms with E-state index in [1.165, 1.54) is 8.45 Å². The summed E-state index contributed by atoms with van der Waals surface area (Å²) in [6.45, 7) is 2.07. The molecule has 0 fully saturated rings.